The van der Waals surface area contributed by atoms with E-state index in [4.69, 9.17) is 25.8 Å². The average Bonchev–Trinajstić information content (AvgIpc) is 1.97. The lowest BCUT2D eigenvalue weighted by Gasteiger charge is -1.94. The molecule has 0 aromatic carbocycles. The fourth-order valence-electron chi connectivity index (χ4n) is 0.642. The maximum absolute atomic E-state index is 8.74. The van der Waals surface area contributed by atoms with E-state index < -0.39 is 8.25 Å². The topological polar surface area (TPSA) is 110 Å². The molecule has 0 rings (SSSR count). The van der Waals surface area contributed by atoms with Crippen LogP contribution in [0.3, 0.4) is 0 Å². The summed E-state index contributed by atoms with van der Waals surface area (Å²) in [5.41, 5.74) is 10.6. The van der Waals surface area contributed by atoms with Gasteiger partial charge in [-0.25, -0.2) is 0 Å². The fraction of sp³-hybridized carbons (Fsp3) is 1.00. The molecule has 0 aliphatic rings. The Morgan fingerprint density at radius 1 is 0.917 bits per heavy atom. The SMILES string of the molecule is NCCCCCCN.O=[PH](O)O. The molecule has 0 aliphatic heterocycles. The predicted octanol–water partition coefficient (Wildman–Crippen LogP) is -0.175. The first-order chi connectivity index (χ1) is 5.65. The van der Waals surface area contributed by atoms with Crippen LogP contribution in [-0.4, -0.2) is 22.9 Å². The molecule has 76 valence electrons. The maximum atomic E-state index is 8.74. The normalized spacial score (nSPS) is 9.42. The number of hydrogen-bond acceptors (Lipinski definition) is 3. The van der Waals surface area contributed by atoms with Gasteiger partial charge in [-0.1, -0.05) is 12.8 Å². The second kappa shape index (κ2) is 13.6. The molecule has 0 aliphatic carbocycles. The molecule has 0 saturated carbocycles. The highest BCUT2D eigenvalue weighted by atomic mass is 31.1. The Bertz CT molecular complexity index is 92.8. The van der Waals surface area contributed by atoms with Crippen molar-refractivity contribution >= 4 is 8.25 Å². The van der Waals surface area contributed by atoms with Crippen LogP contribution in [0.2, 0.25) is 0 Å². The first-order valence-electron chi connectivity index (χ1n) is 3.97. The molecule has 0 saturated heterocycles. The summed E-state index contributed by atoms with van der Waals surface area (Å²) in [7, 11) is -3.13. The second-order valence-corrected chi connectivity index (χ2v) is 2.84. The fourth-order valence-corrected chi connectivity index (χ4v) is 0.642. The van der Waals surface area contributed by atoms with E-state index >= 15 is 0 Å². The minimum atomic E-state index is -3.13. The summed E-state index contributed by atoms with van der Waals surface area (Å²) in [4.78, 5) is 14.3. The third-order valence-corrected chi connectivity index (χ3v) is 1.16. The van der Waals surface area contributed by atoms with Crippen molar-refractivity contribution in [3.8, 4) is 0 Å². The highest BCUT2D eigenvalue weighted by Gasteiger charge is 1.83. The minimum absolute atomic E-state index is 0.824. The van der Waals surface area contributed by atoms with Crippen LogP contribution in [0.5, 0.6) is 0 Å². The van der Waals surface area contributed by atoms with Gasteiger partial charge in [0.25, 0.3) is 0 Å². The highest BCUT2D eigenvalue weighted by Crippen LogP contribution is 1.98. The van der Waals surface area contributed by atoms with Gasteiger partial charge >= 0.3 is 8.25 Å². The Morgan fingerprint density at radius 2 is 1.17 bits per heavy atom. The van der Waals surface area contributed by atoms with Crippen LogP contribution in [0.25, 0.3) is 0 Å². The summed E-state index contributed by atoms with van der Waals surface area (Å²) in [6.45, 7) is 1.65. The minimum Gasteiger partial charge on any atom is -0.330 e. The van der Waals surface area contributed by atoms with Gasteiger partial charge in [-0.2, -0.15) is 0 Å². The molecule has 0 heterocycles. The Morgan fingerprint density at radius 3 is 1.33 bits per heavy atom. The van der Waals surface area contributed by atoms with E-state index in [1.807, 2.05) is 0 Å². The van der Waals surface area contributed by atoms with Crippen molar-refractivity contribution in [1.29, 1.82) is 0 Å². The van der Waals surface area contributed by atoms with Gasteiger partial charge in [-0.05, 0) is 25.9 Å². The monoisotopic (exact) mass is 198 g/mol. The van der Waals surface area contributed by atoms with Crippen LogP contribution in [0, 0.1) is 0 Å². The standard InChI is InChI=1S/C6H16N2.H3O3P/c7-5-3-1-2-4-6-8;1-4(2)3/h1-8H2;4H,(H2,1,2,3). The number of unbranched alkanes of at least 4 members (excludes halogenated alkanes) is 3. The van der Waals surface area contributed by atoms with Crippen molar-refractivity contribution in [1.82, 2.24) is 0 Å². The van der Waals surface area contributed by atoms with Crippen LogP contribution in [0.15, 0.2) is 0 Å². The molecule has 0 aromatic rings. The van der Waals surface area contributed by atoms with Crippen molar-refractivity contribution in [3.63, 3.8) is 0 Å². The van der Waals surface area contributed by atoms with Gasteiger partial charge in [0.05, 0.1) is 0 Å². The number of nitrogens with two attached hydrogens (primary N) is 2. The smallest absolute Gasteiger partial charge is 0.314 e. The quantitative estimate of drug-likeness (QED) is 0.362. The molecule has 0 fully saturated rings. The number of hydrogen-bond donors (Lipinski definition) is 4. The van der Waals surface area contributed by atoms with E-state index in [1.165, 1.54) is 12.8 Å². The highest BCUT2D eigenvalue weighted by molar-refractivity contribution is 7.30. The molecule has 12 heavy (non-hydrogen) atoms. The van der Waals surface area contributed by atoms with Crippen LogP contribution >= 0.6 is 8.25 Å². The van der Waals surface area contributed by atoms with E-state index in [-0.39, 0.29) is 0 Å². The Labute approximate surface area is 73.7 Å². The molecule has 6 N–H and O–H groups in total. The van der Waals surface area contributed by atoms with Gasteiger partial charge < -0.3 is 21.3 Å². The summed E-state index contributed by atoms with van der Waals surface area (Å²) in [5.74, 6) is 0. The van der Waals surface area contributed by atoms with Gasteiger partial charge in [0.15, 0.2) is 0 Å². The molecule has 0 spiro atoms. The molecule has 0 bridgehead atoms. The Hall–Kier alpha value is 0.0700. The number of rotatable bonds is 5. The van der Waals surface area contributed by atoms with Gasteiger partial charge in [-0.15, -0.1) is 0 Å². The summed E-state index contributed by atoms with van der Waals surface area (Å²) in [6.07, 6.45) is 4.79. The van der Waals surface area contributed by atoms with Crippen LogP contribution in [-0.2, 0) is 4.57 Å². The first kappa shape index (κ1) is 14.6. The molecule has 0 aromatic heterocycles. The van der Waals surface area contributed by atoms with Crippen LogP contribution < -0.4 is 11.5 Å². The van der Waals surface area contributed by atoms with Crippen molar-refractivity contribution in [2.75, 3.05) is 13.1 Å². The van der Waals surface area contributed by atoms with Gasteiger partial charge in [0, 0.05) is 0 Å². The van der Waals surface area contributed by atoms with Gasteiger partial charge in [0.1, 0.15) is 0 Å². The molecule has 0 radical (unpaired) electrons. The van der Waals surface area contributed by atoms with E-state index in [0.717, 1.165) is 25.9 Å². The zero-order valence-corrected chi connectivity index (χ0v) is 8.20. The molecule has 6 heteroatoms. The zero-order valence-electron chi connectivity index (χ0n) is 7.20. The lowest BCUT2D eigenvalue weighted by Crippen LogP contribution is -2.00. The van der Waals surface area contributed by atoms with E-state index in [2.05, 4.69) is 0 Å². The second-order valence-electron chi connectivity index (χ2n) is 2.27. The third-order valence-electron chi connectivity index (χ3n) is 1.16. The van der Waals surface area contributed by atoms with Crippen molar-refractivity contribution < 1.29 is 14.4 Å². The summed E-state index contributed by atoms with van der Waals surface area (Å²) < 4.78 is 8.74. The Kier molecular flexibility index (Phi) is 16.6. The predicted molar refractivity (Wildman–Crippen MR) is 50.0 cm³/mol. The van der Waals surface area contributed by atoms with E-state index in [0.29, 0.717) is 0 Å². The lowest BCUT2D eigenvalue weighted by molar-refractivity contribution is 0.405. The molecule has 0 atom stereocenters. The largest absolute Gasteiger partial charge is 0.330 e. The molecule has 0 unspecified atom stereocenters. The summed E-state index contributed by atoms with van der Waals surface area (Å²) >= 11 is 0. The van der Waals surface area contributed by atoms with Crippen LogP contribution in [0.4, 0.5) is 0 Å². The van der Waals surface area contributed by atoms with E-state index in [1.54, 1.807) is 0 Å². The average molecular weight is 198 g/mol. The van der Waals surface area contributed by atoms with Crippen molar-refractivity contribution in [2.24, 2.45) is 11.5 Å². The molecule has 0 amide bonds. The lowest BCUT2D eigenvalue weighted by atomic mass is 10.2. The Balaban J connectivity index is 0. The summed E-state index contributed by atoms with van der Waals surface area (Å²) in [6, 6.07) is 0. The molecular formula is C6H19N2O3P. The molecule has 5 nitrogen and oxygen atoms in total. The van der Waals surface area contributed by atoms with E-state index in [9.17, 15) is 0 Å². The van der Waals surface area contributed by atoms with Gasteiger partial charge in [0.2, 0.25) is 0 Å². The summed E-state index contributed by atoms with van der Waals surface area (Å²) in [5, 5.41) is 0. The third kappa shape index (κ3) is 32.2. The zero-order chi connectivity index (χ0) is 9.82. The van der Waals surface area contributed by atoms with Crippen molar-refractivity contribution in [2.45, 2.75) is 25.7 Å². The first-order valence-corrected chi connectivity index (χ1v) is 5.27. The molecular weight excluding hydrogens is 179 g/mol. The maximum Gasteiger partial charge on any atom is 0.314 e. The van der Waals surface area contributed by atoms with Crippen molar-refractivity contribution in [3.05, 3.63) is 0 Å². The van der Waals surface area contributed by atoms with Gasteiger partial charge in [-0.3, -0.25) is 4.57 Å². The van der Waals surface area contributed by atoms with Crippen LogP contribution in [0.1, 0.15) is 25.7 Å².